The van der Waals surface area contributed by atoms with Gasteiger partial charge in [-0.2, -0.15) is 5.10 Å². The number of hydrogen-bond acceptors (Lipinski definition) is 6. The summed E-state index contributed by atoms with van der Waals surface area (Å²) in [5.74, 6) is -4.27. The minimum absolute atomic E-state index is 0.0460. The van der Waals surface area contributed by atoms with Crippen molar-refractivity contribution >= 4 is 23.5 Å². The van der Waals surface area contributed by atoms with E-state index in [9.17, 15) is 22.8 Å². The van der Waals surface area contributed by atoms with Gasteiger partial charge in [-0.15, -0.1) is 0 Å². The molecule has 0 radical (unpaired) electrons. The molecular weight excluding hydrogens is 463 g/mol. The lowest BCUT2D eigenvalue weighted by molar-refractivity contribution is -0.134. The van der Waals surface area contributed by atoms with E-state index in [4.69, 9.17) is 0 Å². The second-order valence-electron chi connectivity index (χ2n) is 8.70. The summed E-state index contributed by atoms with van der Waals surface area (Å²) >= 11 is 0. The van der Waals surface area contributed by atoms with Gasteiger partial charge < -0.3 is 15.1 Å². The van der Waals surface area contributed by atoms with Crippen LogP contribution in [0.4, 0.5) is 24.8 Å². The van der Waals surface area contributed by atoms with Gasteiger partial charge in [0.15, 0.2) is 17.5 Å². The predicted octanol–water partition coefficient (Wildman–Crippen LogP) is 2.28. The number of fused-ring (bicyclic) bond motifs is 1. The van der Waals surface area contributed by atoms with E-state index >= 15 is 0 Å². The Morgan fingerprint density at radius 3 is 2.57 bits per heavy atom. The maximum atomic E-state index is 13.6. The van der Waals surface area contributed by atoms with Crippen molar-refractivity contribution in [3.8, 4) is 0 Å². The zero-order chi connectivity index (χ0) is 24.7. The van der Waals surface area contributed by atoms with Crippen LogP contribution in [-0.4, -0.2) is 55.1 Å². The number of anilines is 2. The number of carbonyl (C=O) groups is 2. The van der Waals surface area contributed by atoms with Crippen LogP contribution in [0.1, 0.15) is 24.6 Å². The molecule has 1 saturated heterocycles. The molecular formula is C23H22F3N7O2. The minimum atomic E-state index is -1.57. The van der Waals surface area contributed by atoms with Gasteiger partial charge in [0.05, 0.1) is 43.1 Å². The first-order chi connectivity index (χ1) is 16.8. The zero-order valence-corrected chi connectivity index (χ0v) is 18.8. The average Bonchev–Trinajstić information content (AvgIpc) is 3.39. The third-order valence-electron chi connectivity index (χ3n) is 6.25. The maximum Gasteiger partial charge on any atom is 0.229 e. The van der Waals surface area contributed by atoms with Crippen molar-refractivity contribution in [1.82, 2.24) is 24.6 Å². The standard InChI is InChI=1S/C23H22F3N7O2/c1-13-10-33-19(12-31(13)20(34)7-14-5-16(24)22(26)17(25)6-14)18(9-29-33)32-11-15(8-21(32)35)30-23-27-3-2-4-28-23/h2-6,9,13,15H,7-8,10-12H2,1H3,(H,27,28,30)/t13-,15?/m0/s1. The molecule has 1 unspecified atom stereocenters. The second kappa shape index (κ2) is 9.01. The third kappa shape index (κ3) is 4.43. The predicted molar refractivity (Wildman–Crippen MR) is 119 cm³/mol. The molecule has 2 aliphatic heterocycles. The average molecular weight is 485 g/mol. The number of halogens is 3. The highest BCUT2D eigenvalue weighted by atomic mass is 19.2. The summed E-state index contributed by atoms with van der Waals surface area (Å²) in [4.78, 5) is 37.3. The van der Waals surface area contributed by atoms with Crippen LogP contribution >= 0.6 is 0 Å². The summed E-state index contributed by atoms with van der Waals surface area (Å²) in [6.45, 7) is 2.79. The van der Waals surface area contributed by atoms with Gasteiger partial charge in [-0.05, 0) is 30.7 Å². The van der Waals surface area contributed by atoms with Gasteiger partial charge in [0, 0.05) is 31.4 Å². The van der Waals surface area contributed by atoms with Crippen LogP contribution < -0.4 is 10.2 Å². The van der Waals surface area contributed by atoms with Crippen molar-refractivity contribution in [3.05, 3.63) is 65.5 Å². The van der Waals surface area contributed by atoms with Crippen molar-refractivity contribution in [3.63, 3.8) is 0 Å². The quantitative estimate of drug-likeness (QED) is 0.557. The normalized spacial score (nSPS) is 19.7. The highest BCUT2D eigenvalue weighted by molar-refractivity contribution is 5.97. The smallest absolute Gasteiger partial charge is 0.229 e. The maximum absolute atomic E-state index is 13.6. The molecule has 2 atom stereocenters. The number of hydrogen-bond donors (Lipinski definition) is 1. The Hall–Kier alpha value is -3.96. The summed E-state index contributed by atoms with van der Waals surface area (Å²) in [6, 6.07) is 2.93. The number of carbonyl (C=O) groups excluding carboxylic acids is 2. The van der Waals surface area contributed by atoms with Crippen LogP contribution in [-0.2, 0) is 29.1 Å². The number of nitrogens with zero attached hydrogens (tertiary/aromatic N) is 6. The van der Waals surface area contributed by atoms with E-state index in [1.165, 1.54) is 0 Å². The Morgan fingerprint density at radius 2 is 1.86 bits per heavy atom. The number of amides is 2. The Kier molecular flexibility index (Phi) is 5.87. The van der Waals surface area contributed by atoms with Gasteiger partial charge >= 0.3 is 0 Å². The SMILES string of the molecule is C[C@H]1Cn2ncc(N3CC(Nc4ncccn4)CC3=O)c2CN1C(=O)Cc1cc(F)c(F)c(F)c1. The van der Waals surface area contributed by atoms with Gasteiger partial charge in [0.2, 0.25) is 17.8 Å². The molecule has 0 bridgehead atoms. The highest BCUT2D eigenvalue weighted by Gasteiger charge is 2.36. The molecule has 2 amide bonds. The molecule has 4 heterocycles. The number of benzene rings is 1. The molecule has 5 rings (SSSR count). The fourth-order valence-corrected chi connectivity index (χ4v) is 4.53. The van der Waals surface area contributed by atoms with E-state index < -0.39 is 17.5 Å². The molecule has 1 N–H and O–H groups in total. The largest absolute Gasteiger partial charge is 0.349 e. The van der Waals surface area contributed by atoms with Crippen LogP contribution in [0.5, 0.6) is 0 Å². The van der Waals surface area contributed by atoms with E-state index in [0.29, 0.717) is 30.4 Å². The fraction of sp³-hybridized carbons (Fsp3) is 0.348. The van der Waals surface area contributed by atoms with Crippen molar-refractivity contribution in [2.24, 2.45) is 0 Å². The van der Waals surface area contributed by atoms with Crippen LogP contribution in [0.2, 0.25) is 0 Å². The Balaban J connectivity index is 1.32. The van der Waals surface area contributed by atoms with Crippen molar-refractivity contribution in [2.75, 3.05) is 16.8 Å². The summed E-state index contributed by atoms with van der Waals surface area (Å²) in [5.41, 5.74) is 1.35. The molecule has 0 saturated carbocycles. The number of nitrogens with one attached hydrogen (secondary N) is 1. The first-order valence-corrected chi connectivity index (χ1v) is 11.1. The summed E-state index contributed by atoms with van der Waals surface area (Å²) in [6.07, 6.45) is 4.80. The highest BCUT2D eigenvalue weighted by Crippen LogP contribution is 2.31. The lowest BCUT2D eigenvalue weighted by atomic mass is 10.1. The molecule has 9 nitrogen and oxygen atoms in total. The fourth-order valence-electron chi connectivity index (χ4n) is 4.53. The summed E-state index contributed by atoms with van der Waals surface area (Å²) < 4.78 is 42.2. The van der Waals surface area contributed by atoms with Gasteiger partial charge in [0.25, 0.3) is 0 Å². The van der Waals surface area contributed by atoms with Crippen molar-refractivity contribution in [1.29, 1.82) is 0 Å². The summed E-state index contributed by atoms with van der Waals surface area (Å²) in [5, 5.41) is 7.56. The van der Waals surface area contributed by atoms with Gasteiger partial charge in [-0.25, -0.2) is 23.1 Å². The van der Waals surface area contributed by atoms with Crippen LogP contribution in [0.3, 0.4) is 0 Å². The zero-order valence-electron chi connectivity index (χ0n) is 18.8. The number of rotatable bonds is 5. The Morgan fingerprint density at radius 1 is 1.14 bits per heavy atom. The molecule has 12 heteroatoms. The topological polar surface area (TPSA) is 96.2 Å². The first kappa shape index (κ1) is 22.8. The van der Waals surface area contributed by atoms with Crippen LogP contribution in [0, 0.1) is 17.5 Å². The van der Waals surface area contributed by atoms with Gasteiger partial charge in [-0.3, -0.25) is 14.3 Å². The van der Waals surface area contributed by atoms with Crippen molar-refractivity contribution < 1.29 is 22.8 Å². The molecule has 2 aromatic heterocycles. The van der Waals surface area contributed by atoms with Crippen molar-refractivity contribution in [2.45, 2.75) is 44.9 Å². The molecule has 182 valence electrons. The lowest BCUT2D eigenvalue weighted by Gasteiger charge is -2.35. The monoisotopic (exact) mass is 485 g/mol. The number of aromatic nitrogens is 4. The van der Waals surface area contributed by atoms with Crippen LogP contribution in [0.15, 0.2) is 36.8 Å². The molecule has 35 heavy (non-hydrogen) atoms. The third-order valence-corrected chi connectivity index (χ3v) is 6.25. The summed E-state index contributed by atoms with van der Waals surface area (Å²) in [7, 11) is 0. The van der Waals surface area contributed by atoms with E-state index in [1.54, 1.807) is 39.1 Å². The minimum Gasteiger partial charge on any atom is -0.349 e. The van der Waals surface area contributed by atoms with E-state index in [2.05, 4.69) is 20.4 Å². The molecule has 0 spiro atoms. The molecule has 0 aliphatic carbocycles. The Labute approximate surface area is 198 Å². The molecule has 1 aromatic carbocycles. The van der Waals surface area contributed by atoms with E-state index in [1.807, 2.05) is 6.92 Å². The van der Waals surface area contributed by atoms with E-state index in [-0.39, 0.29) is 48.8 Å². The Bertz CT molecular complexity index is 1260. The molecule has 3 aromatic rings. The second-order valence-corrected chi connectivity index (χ2v) is 8.70. The molecule has 2 aliphatic rings. The van der Waals surface area contributed by atoms with Gasteiger partial charge in [0.1, 0.15) is 0 Å². The van der Waals surface area contributed by atoms with E-state index in [0.717, 1.165) is 12.1 Å². The first-order valence-electron chi connectivity index (χ1n) is 11.1. The van der Waals surface area contributed by atoms with Gasteiger partial charge in [-0.1, -0.05) is 0 Å². The molecule has 1 fully saturated rings. The van der Waals surface area contributed by atoms with Crippen LogP contribution in [0.25, 0.3) is 0 Å². The lowest BCUT2D eigenvalue weighted by Crippen LogP contribution is -2.46.